The van der Waals surface area contributed by atoms with E-state index in [0.29, 0.717) is 6.07 Å². The summed E-state index contributed by atoms with van der Waals surface area (Å²) >= 11 is 0. The van der Waals surface area contributed by atoms with E-state index < -0.39 is 29.2 Å². The second-order valence-electron chi connectivity index (χ2n) is 3.06. The Balaban J connectivity index is 3.44. The van der Waals surface area contributed by atoms with Gasteiger partial charge in [0.25, 0.3) is 0 Å². The highest BCUT2D eigenvalue weighted by molar-refractivity contribution is 5.90. The maximum atomic E-state index is 12.5. The molecular formula is C10H9F3O4. The lowest BCUT2D eigenvalue weighted by Gasteiger charge is -2.13. The summed E-state index contributed by atoms with van der Waals surface area (Å²) in [5.74, 6) is -2.46. The topological polar surface area (TPSA) is 55.8 Å². The molecule has 7 heteroatoms. The highest BCUT2D eigenvalue weighted by atomic mass is 19.4. The normalized spacial score (nSPS) is 11.1. The Bertz CT molecular complexity index is 440. The molecule has 0 saturated heterocycles. The van der Waals surface area contributed by atoms with Crippen LogP contribution in [0.5, 0.6) is 11.5 Å². The smallest absolute Gasteiger partial charge is 0.420 e. The summed E-state index contributed by atoms with van der Waals surface area (Å²) < 4.78 is 46.5. The van der Waals surface area contributed by atoms with Gasteiger partial charge in [0, 0.05) is 0 Å². The molecule has 0 aliphatic carbocycles. The number of carbonyl (C=O) groups is 1. The Labute approximate surface area is 94.6 Å². The van der Waals surface area contributed by atoms with Crippen molar-refractivity contribution in [3.63, 3.8) is 0 Å². The van der Waals surface area contributed by atoms with E-state index in [9.17, 15) is 23.1 Å². The SMILES string of the molecule is COC(=O)c1cc(OC)c(O)c(C(F)(F)F)c1. The first-order chi connectivity index (χ1) is 7.81. The fourth-order valence-electron chi connectivity index (χ4n) is 1.22. The van der Waals surface area contributed by atoms with Crippen molar-refractivity contribution in [1.82, 2.24) is 0 Å². The molecule has 0 aromatic heterocycles. The molecule has 4 nitrogen and oxygen atoms in total. The van der Waals surface area contributed by atoms with Crippen LogP contribution in [0.3, 0.4) is 0 Å². The van der Waals surface area contributed by atoms with Gasteiger partial charge in [-0.2, -0.15) is 13.2 Å². The van der Waals surface area contributed by atoms with Crippen LogP contribution < -0.4 is 4.74 Å². The number of esters is 1. The Morgan fingerprint density at radius 3 is 2.29 bits per heavy atom. The third-order valence-corrected chi connectivity index (χ3v) is 2.02. The molecule has 0 aliphatic rings. The van der Waals surface area contributed by atoms with E-state index in [1.54, 1.807) is 0 Å². The molecule has 0 saturated carbocycles. The molecule has 0 spiro atoms. The summed E-state index contributed by atoms with van der Waals surface area (Å²) in [6.07, 6.45) is -4.79. The van der Waals surface area contributed by atoms with Crippen molar-refractivity contribution in [2.75, 3.05) is 14.2 Å². The maximum absolute atomic E-state index is 12.5. The van der Waals surface area contributed by atoms with E-state index >= 15 is 0 Å². The van der Waals surface area contributed by atoms with E-state index in [-0.39, 0.29) is 5.56 Å². The first-order valence-corrected chi connectivity index (χ1v) is 4.37. The monoisotopic (exact) mass is 250 g/mol. The Morgan fingerprint density at radius 1 is 1.29 bits per heavy atom. The molecule has 0 fully saturated rings. The standard InChI is InChI=1S/C10H9F3O4/c1-16-7-4-5(9(15)17-2)3-6(8(7)14)10(11,12)13/h3-4,14H,1-2H3. The highest BCUT2D eigenvalue weighted by Crippen LogP contribution is 2.41. The number of rotatable bonds is 2. The zero-order valence-electron chi connectivity index (χ0n) is 8.96. The van der Waals surface area contributed by atoms with Gasteiger partial charge in [-0.25, -0.2) is 4.79 Å². The summed E-state index contributed by atoms with van der Waals surface area (Å²) in [4.78, 5) is 11.1. The third-order valence-electron chi connectivity index (χ3n) is 2.02. The summed E-state index contributed by atoms with van der Waals surface area (Å²) in [7, 11) is 2.12. The molecule has 0 bridgehead atoms. The number of hydrogen-bond acceptors (Lipinski definition) is 4. The van der Waals surface area contributed by atoms with Crippen LogP contribution >= 0.6 is 0 Å². The quantitative estimate of drug-likeness (QED) is 0.817. The zero-order valence-corrected chi connectivity index (χ0v) is 8.96. The fraction of sp³-hybridized carbons (Fsp3) is 0.300. The summed E-state index contributed by atoms with van der Waals surface area (Å²) in [6, 6.07) is 1.47. The van der Waals surface area contributed by atoms with Crippen molar-refractivity contribution in [3.05, 3.63) is 23.3 Å². The van der Waals surface area contributed by atoms with Gasteiger partial charge in [-0.1, -0.05) is 0 Å². The van der Waals surface area contributed by atoms with Gasteiger partial charge < -0.3 is 14.6 Å². The molecule has 0 radical (unpaired) electrons. The Morgan fingerprint density at radius 2 is 1.88 bits per heavy atom. The number of benzene rings is 1. The van der Waals surface area contributed by atoms with E-state index in [1.165, 1.54) is 0 Å². The predicted octanol–water partition coefficient (Wildman–Crippen LogP) is 2.21. The Kier molecular flexibility index (Phi) is 3.50. The number of hydrogen-bond donors (Lipinski definition) is 1. The average Bonchev–Trinajstić information content (AvgIpc) is 2.26. The van der Waals surface area contributed by atoms with Gasteiger partial charge >= 0.3 is 12.1 Å². The van der Waals surface area contributed by atoms with Crippen molar-refractivity contribution in [2.45, 2.75) is 6.18 Å². The van der Waals surface area contributed by atoms with Crippen LogP contribution in [0, 0.1) is 0 Å². The molecule has 1 aromatic carbocycles. The van der Waals surface area contributed by atoms with Crippen LogP contribution in [-0.4, -0.2) is 25.3 Å². The number of carbonyl (C=O) groups excluding carboxylic acids is 1. The molecule has 1 rings (SSSR count). The maximum Gasteiger partial charge on any atom is 0.420 e. The van der Waals surface area contributed by atoms with Crippen LogP contribution in [0.4, 0.5) is 13.2 Å². The zero-order chi connectivity index (χ0) is 13.2. The number of methoxy groups -OCH3 is 2. The highest BCUT2D eigenvalue weighted by Gasteiger charge is 2.36. The molecule has 94 valence electrons. The van der Waals surface area contributed by atoms with Gasteiger partial charge in [0.05, 0.1) is 19.8 Å². The molecule has 0 unspecified atom stereocenters. The molecule has 0 aliphatic heterocycles. The second-order valence-corrected chi connectivity index (χ2v) is 3.06. The third kappa shape index (κ3) is 2.61. The summed E-state index contributed by atoms with van der Waals surface area (Å²) in [5, 5.41) is 9.31. The van der Waals surface area contributed by atoms with Gasteiger partial charge in [0.15, 0.2) is 11.5 Å². The van der Waals surface area contributed by atoms with Gasteiger partial charge in [0.2, 0.25) is 0 Å². The van der Waals surface area contributed by atoms with Crippen molar-refractivity contribution < 1.29 is 32.5 Å². The largest absolute Gasteiger partial charge is 0.504 e. The number of halogens is 3. The lowest BCUT2D eigenvalue weighted by Crippen LogP contribution is -2.10. The molecule has 17 heavy (non-hydrogen) atoms. The molecule has 0 atom stereocenters. The number of phenols is 1. The molecule has 0 amide bonds. The Hall–Kier alpha value is -1.92. The van der Waals surface area contributed by atoms with Gasteiger partial charge in [-0.15, -0.1) is 0 Å². The van der Waals surface area contributed by atoms with Crippen LogP contribution in [0.25, 0.3) is 0 Å². The van der Waals surface area contributed by atoms with Crippen LogP contribution in [0.1, 0.15) is 15.9 Å². The van der Waals surface area contributed by atoms with Crippen LogP contribution in [-0.2, 0) is 10.9 Å². The lowest BCUT2D eigenvalue weighted by atomic mass is 10.1. The van der Waals surface area contributed by atoms with E-state index in [2.05, 4.69) is 9.47 Å². The molecular weight excluding hydrogens is 241 g/mol. The summed E-state index contributed by atoms with van der Waals surface area (Å²) in [5.41, 5.74) is -1.70. The van der Waals surface area contributed by atoms with Crippen molar-refractivity contribution in [2.24, 2.45) is 0 Å². The van der Waals surface area contributed by atoms with Crippen LogP contribution in [0.15, 0.2) is 12.1 Å². The average molecular weight is 250 g/mol. The van der Waals surface area contributed by atoms with Crippen LogP contribution in [0.2, 0.25) is 0 Å². The predicted molar refractivity (Wildman–Crippen MR) is 51.0 cm³/mol. The van der Waals surface area contributed by atoms with Crippen molar-refractivity contribution in [1.29, 1.82) is 0 Å². The number of aromatic hydroxyl groups is 1. The first kappa shape index (κ1) is 13.1. The van der Waals surface area contributed by atoms with Gasteiger partial charge in [0.1, 0.15) is 5.56 Å². The van der Waals surface area contributed by atoms with Gasteiger partial charge in [-0.05, 0) is 12.1 Å². The second kappa shape index (κ2) is 4.52. The first-order valence-electron chi connectivity index (χ1n) is 4.37. The van der Waals surface area contributed by atoms with E-state index in [0.717, 1.165) is 20.3 Å². The van der Waals surface area contributed by atoms with Crippen molar-refractivity contribution >= 4 is 5.97 Å². The van der Waals surface area contributed by atoms with Gasteiger partial charge in [-0.3, -0.25) is 0 Å². The molecule has 1 aromatic rings. The minimum atomic E-state index is -4.79. The number of phenolic OH excluding ortho intramolecular Hbond substituents is 1. The minimum Gasteiger partial charge on any atom is -0.504 e. The lowest BCUT2D eigenvalue weighted by molar-refractivity contribution is -0.138. The van der Waals surface area contributed by atoms with E-state index in [4.69, 9.17) is 0 Å². The van der Waals surface area contributed by atoms with E-state index in [1.807, 2.05) is 0 Å². The molecule has 1 N–H and O–H groups in total. The summed E-state index contributed by atoms with van der Waals surface area (Å²) in [6.45, 7) is 0. The number of ether oxygens (including phenoxy) is 2. The minimum absolute atomic E-state index is 0.352. The fourth-order valence-corrected chi connectivity index (χ4v) is 1.22. The molecule has 0 heterocycles. The number of alkyl halides is 3. The van der Waals surface area contributed by atoms with Crippen molar-refractivity contribution in [3.8, 4) is 11.5 Å².